The molecule has 1 aliphatic heterocycles. The third kappa shape index (κ3) is 2.10. The van der Waals surface area contributed by atoms with E-state index in [1.165, 1.54) is 0 Å². The van der Waals surface area contributed by atoms with Gasteiger partial charge in [0.05, 0.1) is 22.5 Å². The lowest BCUT2D eigenvalue weighted by Gasteiger charge is -1.88. The Hall–Kier alpha value is -2.37. The van der Waals surface area contributed by atoms with Gasteiger partial charge in [0, 0.05) is 0 Å². The Morgan fingerprint density at radius 1 is 1.29 bits per heavy atom. The van der Waals surface area contributed by atoms with Gasteiger partial charge in [0.1, 0.15) is 0 Å². The number of oxime groups is 1. The molecule has 0 unspecified atom stereocenters. The standard InChI is InChI=1S/C11H10N2O4/c1-6-8(10(14)16-12-6)4-3-5-9-7(2)13-17-11(9)15/h3-5,12H,1-2H3/b4-3+,9-5+. The summed E-state index contributed by atoms with van der Waals surface area (Å²) in [5, 5.41) is 5.99. The lowest BCUT2D eigenvalue weighted by atomic mass is 10.1. The zero-order valence-corrected chi connectivity index (χ0v) is 9.31. The van der Waals surface area contributed by atoms with Gasteiger partial charge in [0.25, 0.3) is 0 Å². The van der Waals surface area contributed by atoms with Crippen LogP contribution in [-0.2, 0) is 9.63 Å². The van der Waals surface area contributed by atoms with E-state index >= 15 is 0 Å². The Kier molecular flexibility index (Phi) is 2.78. The molecule has 0 saturated carbocycles. The first-order valence-electron chi connectivity index (χ1n) is 4.92. The van der Waals surface area contributed by atoms with E-state index in [0.717, 1.165) is 0 Å². The SMILES string of the molecule is CC1=NOC(=O)/C1=C/C=C/c1c(C)[nH]oc1=O. The minimum Gasteiger partial charge on any atom is -0.338 e. The van der Waals surface area contributed by atoms with Gasteiger partial charge in [-0.25, -0.2) is 14.7 Å². The molecule has 0 saturated heterocycles. The maximum Gasteiger partial charge on any atom is 0.367 e. The van der Waals surface area contributed by atoms with Crippen LogP contribution >= 0.6 is 0 Å². The second kappa shape index (κ2) is 4.25. The Labute approximate surface area is 96.2 Å². The predicted octanol–water partition coefficient (Wildman–Crippen LogP) is 1.15. The zero-order valence-electron chi connectivity index (χ0n) is 9.31. The fraction of sp³-hybridized carbons (Fsp3) is 0.182. The molecule has 1 aliphatic rings. The molecule has 0 aromatic carbocycles. The van der Waals surface area contributed by atoms with Crippen molar-refractivity contribution in [3.05, 3.63) is 39.4 Å². The number of carbonyl (C=O) groups is 1. The van der Waals surface area contributed by atoms with Crippen LogP contribution in [-0.4, -0.2) is 16.8 Å². The highest BCUT2D eigenvalue weighted by molar-refractivity contribution is 6.21. The molecule has 1 aromatic rings. The highest BCUT2D eigenvalue weighted by Gasteiger charge is 2.20. The first-order chi connectivity index (χ1) is 8.09. The molecule has 0 fully saturated rings. The monoisotopic (exact) mass is 234 g/mol. The number of aromatic nitrogens is 1. The molecule has 6 heteroatoms. The number of nitrogens with one attached hydrogen (secondary N) is 1. The van der Waals surface area contributed by atoms with E-state index in [0.29, 0.717) is 22.5 Å². The van der Waals surface area contributed by atoms with Crippen LogP contribution < -0.4 is 5.63 Å². The van der Waals surface area contributed by atoms with E-state index < -0.39 is 11.6 Å². The van der Waals surface area contributed by atoms with E-state index in [1.807, 2.05) is 0 Å². The predicted molar refractivity (Wildman–Crippen MR) is 60.4 cm³/mol. The summed E-state index contributed by atoms with van der Waals surface area (Å²) in [7, 11) is 0. The van der Waals surface area contributed by atoms with E-state index in [4.69, 9.17) is 0 Å². The number of hydrogen-bond donors (Lipinski definition) is 1. The first kappa shape index (κ1) is 11.1. The molecule has 17 heavy (non-hydrogen) atoms. The summed E-state index contributed by atoms with van der Waals surface area (Å²) in [5.41, 5.74) is 1.49. The van der Waals surface area contributed by atoms with Crippen LogP contribution in [0.25, 0.3) is 6.08 Å². The number of carbonyl (C=O) groups excluding carboxylic acids is 1. The third-order valence-electron chi connectivity index (χ3n) is 2.32. The molecule has 0 spiro atoms. The molecule has 0 aliphatic carbocycles. The minimum absolute atomic E-state index is 0.374. The summed E-state index contributed by atoms with van der Waals surface area (Å²) in [4.78, 5) is 26.9. The van der Waals surface area contributed by atoms with Crippen LogP contribution in [0.4, 0.5) is 0 Å². The molecule has 0 atom stereocenters. The van der Waals surface area contributed by atoms with Gasteiger partial charge in [-0.2, -0.15) is 0 Å². The summed E-state index contributed by atoms with van der Waals surface area (Å²) in [6, 6.07) is 0. The van der Waals surface area contributed by atoms with Crippen molar-refractivity contribution in [2.24, 2.45) is 5.16 Å². The summed E-state index contributed by atoms with van der Waals surface area (Å²) in [5.74, 6) is -0.495. The maximum atomic E-state index is 11.2. The summed E-state index contributed by atoms with van der Waals surface area (Å²) in [6.45, 7) is 3.38. The minimum atomic E-state index is -0.495. The summed E-state index contributed by atoms with van der Waals surface area (Å²) < 4.78 is 4.59. The van der Waals surface area contributed by atoms with Crippen molar-refractivity contribution in [2.75, 3.05) is 0 Å². The van der Waals surface area contributed by atoms with E-state index in [9.17, 15) is 9.59 Å². The number of aromatic amines is 1. The second-order valence-electron chi connectivity index (χ2n) is 3.53. The van der Waals surface area contributed by atoms with Gasteiger partial charge in [-0.15, -0.1) is 0 Å². The topological polar surface area (TPSA) is 84.7 Å². The Bertz CT molecular complexity index is 601. The normalized spacial score (nSPS) is 17.9. The smallest absolute Gasteiger partial charge is 0.338 e. The molecule has 6 nitrogen and oxygen atoms in total. The highest BCUT2D eigenvalue weighted by Crippen LogP contribution is 2.11. The summed E-state index contributed by atoms with van der Waals surface area (Å²) in [6.07, 6.45) is 4.68. The van der Waals surface area contributed by atoms with Crippen LogP contribution in [0, 0.1) is 6.92 Å². The molecule has 1 N–H and O–H groups in total. The van der Waals surface area contributed by atoms with E-state index in [1.54, 1.807) is 32.1 Å². The molecule has 0 amide bonds. The lowest BCUT2D eigenvalue weighted by molar-refractivity contribution is -0.136. The number of nitrogens with zero attached hydrogens (tertiary/aromatic N) is 1. The number of hydrogen-bond acceptors (Lipinski definition) is 5. The van der Waals surface area contributed by atoms with Crippen LogP contribution in [0.5, 0.6) is 0 Å². The van der Waals surface area contributed by atoms with E-state index in [-0.39, 0.29) is 0 Å². The quantitative estimate of drug-likeness (QED) is 0.614. The fourth-order valence-corrected chi connectivity index (χ4v) is 1.36. The number of aryl methyl sites for hydroxylation is 1. The molecular weight excluding hydrogens is 224 g/mol. The van der Waals surface area contributed by atoms with Crippen molar-refractivity contribution in [2.45, 2.75) is 13.8 Å². The van der Waals surface area contributed by atoms with Crippen molar-refractivity contribution in [1.29, 1.82) is 0 Å². The molecule has 88 valence electrons. The third-order valence-corrected chi connectivity index (χ3v) is 2.32. The maximum absolute atomic E-state index is 11.2. The Morgan fingerprint density at radius 3 is 2.59 bits per heavy atom. The molecule has 2 rings (SSSR count). The van der Waals surface area contributed by atoms with Gasteiger partial charge in [0.2, 0.25) is 0 Å². The van der Waals surface area contributed by atoms with Gasteiger partial charge in [0.15, 0.2) is 0 Å². The Balaban J connectivity index is 2.24. The van der Waals surface area contributed by atoms with Crippen molar-refractivity contribution in [1.82, 2.24) is 5.16 Å². The second-order valence-corrected chi connectivity index (χ2v) is 3.53. The average Bonchev–Trinajstić information content (AvgIpc) is 2.77. The number of allylic oxidation sites excluding steroid dienone is 2. The van der Waals surface area contributed by atoms with Gasteiger partial charge in [-0.3, -0.25) is 0 Å². The van der Waals surface area contributed by atoms with Crippen LogP contribution in [0.1, 0.15) is 18.2 Å². The number of H-pyrrole nitrogens is 1. The van der Waals surface area contributed by atoms with Crippen LogP contribution in [0.2, 0.25) is 0 Å². The lowest BCUT2D eigenvalue weighted by Crippen LogP contribution is -2.01. The molecule has 1 aromatic heterocycles. The zero-order chi connectivity index (χ0) is 12.4. The van der Waals surface area contributed by atoms with Gasteiger partial charge >= 0.3 is 11.6 Å². The first-order valence-corrected chi connectivity index (χ1v) is 4.92. The highest BCUT2D eigenvalue weighted by atomic mass is 16.7. The summed E-state index contributed by atoms with van der Waals surface area (Å²) >= 11 is 0. The van der Waals surface area contributed by atoms with E-state index in [2.05, 4.69) is 19.7 Å². The molecule has 0 bridgehead atoms. The van der Waals surface area contributed by atoms with Crippen LogP contribution in [0.15, 0.2) is 32.2 Å². The molecule has 0 radical (unpaired) electrons. The van der Waals surface area contributed by atoms with Gasteiger partial charge in [-0.05, 0) is 26.0 Å². The largest absolute Gasteiger partial charge is 0.367 e. The number of rotatable bonds is 2. The van der Waals surface area contributed by atoms with Gasteiger partial charge in [-0.1, -0.05) is 11.2 Å². The van der Waals surface area contributed by atoms with Crippen LogP contribution in [0.3, 0.4) is 0 Å². The van der Waals surface area contributed by atoms with Gasteiger partial charge < -0.3 is 9.36 Å². The molecular formula is C11H10N2O4. The van der Waals surface area contributed by atoms with Crippen molar-refractivity contribution >= 4 is 17.8 Å². The average molecular weight is 234 g/mol. The van der Waals surface area contributed by atoms with Crippen molar-refractivity contribution in [3.63, 3.8) is 0 Å². The van der Waals surface area contributed by atoms with Crippen molar-refractivity contribution < 1.29 is 14.2 Å². The van der Waals surface area contributed by atoms with Crippen molar-refractivity contribution in [3.8, 4) is 0 Å². The Morgan fingerprint density at radius 2 is 2.06 bits per heavy atom. The fourth-order valence-electron chi connectivity index (χ4n) is 1.36. The molecule has 2 heterocycles.